The summed E-state index contributed by atoms with van der Waals surface area (Å²) in [5.74, 6) is -1.20. The van der Waals surface area contributed by atoms with E-state index in [1.54, 1.807) is 30.6 Å². The van der Waals surface area contributed by atoms with Crippen molar-refractivity contribution in [1.82, 2.24) is 9.88 Å². The maximum Gasteiger partial charge on any atom is 0.258 e. The lowest BCUT2D eigenvalue weighted by molar-refractivity contribution is 0.0680. The van der Waals surface area contributed by atoms with Crippen LogP contribution in [0.2, 0.25) is 0 Å². The van der Waals surface area contributed by atoms with E-state index in [1.807, 2.05) is 30.0 Å². The Labute approximate surface area is 187 Å². The minimum Gasteiger partial charge on any atom is -0.332 e. The van der Waals surface area contributed by atoms with Crippen LogP contribution < -0.4 is 5.32 Å². The average Bonchev–Trinajstić information content (AvgIpc) is 3.07. The lowest BCUT2D eigenvalue weighted by atomic mass is 10.0. The Morgan fingerprint density at radius 1 is 1.03 bits per heavy atom. The van der Waals surface area contributed by atoms with Crippen LogP contribution in [0.4, 0.5) is 10.1 Å². The molecule has 4 rings (SSSR count). The van der Waals surface area contributed by atoms with Gasteiger partial charge in [0.15, 0.2) is 0 Å². The van der Waals surface area contributed by atoms with Crippen molar-refractivity contribution in [3.8, 4) is 0 Å². The summed E-state index contributed by atoms with van der Waals surface area (Å²) in [6.45, 7) is 2.52. The first-order valence-electron chi connectivity index (χ1n) is 10.9. The molecule has 1 fully saturated rings. The molecule has 0 bridgehead atoms. The number of aryl methyl sites for hydroxylation is 1. The van der Waals surface area contributed by atoms with Gasteiger partial charge in [0.2, 0.25) is 0 Å². The number of aromatic nitrogens is 1. The fourth-order valence-corrected chi connectivity index (χ4v) is 4.17. The van der Waals surface area contributed by atoms with Gasteiger partial charge < -0.3 is 10.2 Å². The van der Waals surface area contributed by atoms with Gasteiger partial charge in [-0.05, 0) is 67.3 Å². The molecule has 1 atom stereocenters. The van der Waals surface area contributed by atoms with Crippen molar-refractivity contribution in [2.45, 2.75) is 38.6 Å². The molecular formula is C26H26FN3O2. The number of likely N-dealkylation sites (tertiary alicyclic amines) is 1. The zero-order valence-electron chi connectivity index (χ0n) is 18.1. The maximum absolute atomic E-state index is 14.0. The molecule has 2 amide bonds. The highest BCUT2D eigenvalue weighted by atomic mass is 19.1. The highest BCUT2D eigenvalue weighted by molar-refractivity contribution is 6.05. The van der Waals surface area contributed by atoms with Crippen LogP contribution in [-0.4, -0.2) is 28.2 Å². The van der Waals surface area contributed by atoms with Crippen molar-refractivity contribution in [2.24, 2.45) is 0 Å². The van der Waals surface area contributed by atoms with Gasteiger partial charge in [0.1, 0.15) is 5.82 Å². The van der Waals surface area contributed by atoms with Crippen LogP contribution in [0, 0.1) is 12.7 Å². The third kappa shape index (κ3) is 4.69. The molecule has 6 heteroatoms. The summed E-state index contributed by atoms with van der Waals surface area (Å²) in [6.07, 6.45) is 7.52. The predicted octanol–water partition coefficient (Wildman–Crippen LogP) is 5.54. The van der Waals surface area contributed by atoms with Gasteiger partial charge in [-0.25, -0.2) is 4.39 Å². The van der Waals surface area contributed by atoms with Crippen LogP contribution in [-0.2, 0) is 0 Å². The van der Waals surface area contributed by atoms with E-state index in [9.17, 15) is 14.0 Å². The summed E-state index contributed by atoms with van der Waals surface area (Å²) in [7, 11) is 0. The Hall–Kier alpha value is -3.54. The molecule has 0 spiro atoms. The van der Waals surface area contributed by atoms with Gasteiger partial charge in [0.05, 0.1) is 11.6 Å². The molecule has 0 radical (unpaired) electrons. The molecule has 0 saturated carbocycles. The van der Waals surface area contributed by atoms with E-state index in [1.165, 1.54) is 18.2 Å². The minimum absolute atomic E-state index is 0.00856. The molecule has 5 nitrogen and oxygen atoms in total. The van der Waals surface area contributed by atoms with Crippen LogP contribution in [0.25, 0.3) is 0 Å². The highest BCUT2D eigenvalue weighted by Gasteiger charge is 2.28. The largest absolute Gasteiger partial charge is 0.332 e. The number of benzene rings is 2. The van der Waals surface area contributed by atoms with Gasteiger partial charge in [0.25, 0.3) is 11.8 Å². The van der Waals surface area contributed by atoms with Crippen LogP contribution >= 0.6 is 0 Å². The number of anilines is 1. The van der Waals surface area contributed by atoms with E-state index in [0.29, 0.717) is 17.8 Å². The van der Waals surface area contributed by atoms with Crippen molar-refractivity contribution in [3.63, 3.8) is 0 Å². The standard InChI is InChI=1S/C26H26FN3O2/c1-18-10-11-20(17-23(18)29-25(31)21-7-4-5-8-22(21)27)26(32)30-16-6-2-3-9-24(30)19-12-14-28-15-13-19/h4-5,7-8,10-15,17,24H,2-3,6,9,16H2,1H3,(H,29,31). The lowest BCUT2D eigenvalue weighted by Gasteiger charge is -2.30. The van der Waals surface area contributed by atoms with E-state index in [-0.39, 0.29) is 17.5 Å². The lowest BCUT2D eigenvalue weighted by Crippen LogP contribution is -2.35. The molecular weight excluding hydrogens is 405 g/mol. The highest BCUT2D eigenvalue weighted by Crippen LogP contribution is 2.32. The van der Waals surface area contributed by atoms with E-state index in [0.717, 1.165) is 36.8 Å². The number of nitrogens with zero attached hydrogens (tertiary/aromatic N) is 2. The second kappa shape index (κ2) is 9.73. The van der Waals surface area contributed by atoms with E-state index >= 15 is 0 Å². The predicted molar refractivity (Wildman–Crippen MR) is 122 cm³/mol. The summed E-state index contributed by atoms with van der Waals surface area (Å²) < 4.78 is 14.0. The number of carbonyl (C=O) groups excluding carboxylic acids is 2. The third-order valence-electron chi connectivity index (χ3n) is 5.96. The Kier molecular flexibility index (Phi) is 6.59. The minimum atomic E-state index is -0.584. The molecule has 1 saturated heterocycles. The first-order chi connectivity index (χ1) is 15.5. The molecule has 1 aliphatic heterocycles. The smallest absolute Gasteiger partial charge is 0.258 e. The Morgan fingerprint density at radius 2 is 1.81 bits per heavy atom. The Morgan fingerprint density at radius 3 is 2.59 bits per heavy atom. The van der Waals surface area contributed by atoms with E-state index in [2.05, 4.69) is 10.3 Å². The van der Waals surface area contributed by atoms with Gasteiger partial charge in [-0.15, -0.1) is 0 Å². The number of hydrogen-bond donors (Lipinski definition) is 1. The van der Waals surface area contributed by atoms with Crippen LogP contribution in [0.3, 0.4) is 0 Å². The topological polar surface area (TPSA) is 62.3 Å². The van der Waals surface area contributed by atoms with Gasteiger partial charge >= 0.3 is 0 Å². The average molecular weight is 432 g/mol. The van der Waals surface area contributed by atoms with Crippen molar-refractivity contribution in [2.75, 3.05) is 11.9 Å². The normalized spacial score (nSPS) is 16.3. The van der Waals surface area contributed by atoms with Gasteiger partial charge in [0, 0.05) is 30.2 Å². The molecule has 164 valence electrons. The zero-order valence-corrected chi connectivity index (χ0v) is 18.1. The number of carbonyl (C=O) groups is 2. The first-order valence-corrected chi connectivity index (χ1v) is 10.9. The Balaban J connectivity index is 1.61. The van der Waals surface area contributed by atoms with Crippen molar-refractivity contribution >= 4 is 17.5 Å². The van der Waals surface area contributed by atoms with Gasteiger partial charge in [-0.1, -0.05) is 31.0 Å². The van der Waals surface area contributed by atoms with Crippen LogP contribution in [0.1, 0.15) is 63.6 Å². The number of halogens is 1. The number of rotatable bonds is 4. The van der Waals surface area contributed by atoms with Gasteiger partial charge in [-0.2, -0.15) is 0 Å². The molecule has 3 aromatic rings. The zero-order chi connectivity index (χ0) is 22.5. The van der Waals surface area contributed by atoms with Crippen molar-refractivity contribution in [1.29, 1.82) is 0 Å². The summed E-state index contributed by atoms with van der Waals surface area (Å²) in [5, 5.41) is 2.76. The quantitative estimate of drug-likeness (QED) is 0.590. The van der Waals surface area contributed by atoms with Gasteiger partial charge in [-0.3, -0.25) is 14.6 Å². The molecule has 0 aliphatic carbocycles. The Bertz CT molecular complexity index is 1120. The van der Waals surface area contributed by atoms with E-state index in [4.69, 9.17) is 0 Å². The van der Waals surface area contributed by atoms with E-state index < -0.39 is 11.7 Å². The van der Waals surface area contributed by atoms with Crippen molar-refractivity contribution in [3.05, 3.63) is 95.1 Å². The maximum atomic E-state index is 14.0. The van der Waals surface area contributed by atoms with Crippen LogP contribution in [0.15, 0.2) is 67.0 Å². The third-order valence-corrected chi connectivity index (χ3v) is 5.96. The van der Waals surface area contributed by atoms with Crippen LogP contribution in [0.5, 0.6) is 0 Å². The molecule has 1 unspecified atom stereocenters. The van der Waals surface area contributed by atoms with Crippen molar-refractivity contribution < 1.29 is 14.0 Å². The first kappa shape index (κ1) is 21.7. The number of pyridine rings is 1. The SMILES string of the molecule is Cc1ccc(C(=O)N2CCCCCC2c2ccncc2)cc1NC(=O)c1ccccc1F. The molecule has 1 N–H and O–H groups in total. The fraction of sp³-hybridized carbons (Fsp3) is 0.269. The fourth-order valence-electron chi connectivity index (χ4n) is 4.17. The number of amides is 2. The second-order valence-corrected chi connectivity index (χ2v) is 8.11. The monoisotopic (exact) mass is 431 g/mol. The second-order valence-electron chi connectivity index (χ2n) is 8.11. The molecule has 2 heterocycles. The number of nitrogens with one attached hydrogen (secondary N) is 1. The molecule has 32 heavy (non-hydrogen) atoms. The molecule has 1 aromatic heterocycles. The molecule has 1 aliphatic rings. The summed E-state index contributed by atoms with van der Waals surface area (Å²) in [4.78, 5) is 32.2. The summed E-state index contributed by atoms with van der Waals surface area (Å²) >= 11 is 0. The summed E-state index contributed by atoms with van der Waals surface area (Å²) in [6, 6.07) is 15.0. The number of hydrogen-bond acceptors (Lipinski definition) is 3. The molecule has 2 aromatic carbocycles. The summed E-state index contributed by atoms with van der Waals surface area (Å²) in [5.41, 5.74) is 2.84.